The van der Waals surface area contributed by atoms with Crippen molar-refractivity contribution in [2.75, 3.05) is 26.7 Å². The molecule has 0 amide bonds. The monoisotopic (exact) mass is 365 g/mol. The van der Waals surface area contributed by atoms with Crippen LogP contribution >= 0.6 is 0 Å². The quantitative estimate of drug-likeness (QED) is 0.717. The van der Waals surface area contributed by atoms with Crippen LogP contribution < -0.4 is 4.74 Å². The van der Waals surface area contributed by atoms with E-state index in [1.165, 1.54) is 5.56 Å². The third-order valence-corrected chi connectivity index (χ3v) is 3.66. The zero-order chi connectivity index (χ0) is 20.0. The first-order chi connectivity index (χ1) is 12.3. The van der Waals surface area contributed by atoms with Gasteiger partial charge in [0.25, 0.3) is 6.47 Å². The summed E-state index contributed by atoms with van der Waals surface area (Å²) in [4.78, 5) is 20.9. The summed E-state index contributed by atoms with van der Waals surface area (Å²) in [5.74, 6) is 1.05. The third kappa shape index (κ3) is 10.2. The minimum Gasteiger partial charge on any atom is -0.487 e. The van der Waals surface area contributed by atoms with Crippen LogP contribution in [0.15, 0.2) is 24.3 Å². The molecule has 0 saturated carbocycles. The fraction of sp³-hybridized carbons (Fsp3) is 0.619. The highest BCUT2D eigenvalue weighted by Crippen LogP contribution is 2.32. The number of para-hydroxylation sites is 1. The van der Waals surface area contributed by atoms with E-state index in [9.17, 15) is 9.59 Å². The Morgan fingerprint density at radius 1 is 1.15 bits per heavy atom. The molecule has 148 valence electrons. The van der Waals surface area contributed by atoms with Crippen LogP contribution in [0.3, 0.4) is 0 Å². The van der Waals surface area contributed by atoms with Crippen molar-refractivity contribution in [1.82, 2.24) is 4.90 Å². The molecule has 1 aliphatic rings. The molecule has 2 rings (SSSR count). The highest BCUT2D eigenvalue weighted by molar-refractivity contribution is 5.48. The lowest BCUT2D eigenvalue weighted by atomic mass is 9.86. The molecule has 5 nitrogen and oxygen atoms in total. The highest BCUT2D eigenvalue weighted by Gasteiger charge is 2.27. The normalized spacial score (nSPS) is 13.9. The number of benzene rings is 1. The van der Waals surface area contributed by atoms with Crippen LogP contribution in [0, 0.1) is 0 Å². The number of likely N-dealkylation sites (tertiary alicyclic amines) is 1. The van der Waals surface area contributed by atoms with E-state index in [4.69, 9.17) is 4.74 Å². The SMILES string of the molecule is CCCC=O.CCOC=O.CN1CC(Oc2ccccc2C(C)(C)C)C1. The summed E-state index contributed by atoms with van der Waals surface area (Å²) in [6, 6.07) is 8.38. The molecule has 0 unspecified atom stereocenters. The average Bonchev–Trinajstić information content (AvgIpc) is 2.56. The van der Waals surface area contributed by atoms with Crippen LogP contribution in [0.25, 0.3) is 0 Å². The second-order valence-electron chi connectivity index (χ2n) is 7.21. The van der Waals surface area contributed by atoms with Gasteiger partial charge in [-0.2, -0.15) is 0 Å². The van der Waals surface area contributed by atoms with Crippen molar-refractivity contribution in [1.29, 1.82) is 0 Å². The Morgan fingerprint density at radius 2 is 1.77 bits per heavy atom. The number of rotatable bonds is 6. The molecule has 0 radical (unpaired) electrons. The second kappa shape index (κ2) is 13.3. The summed E-state index contributed by atoms with van der Waals surface area (Å²) in [5, 5.41) is 0. The van der Waals surface area contributed by atoms with Crippen molar-refractivity contribution >= 4 is 12.8 Å². The van der Waals surface area contributed by atoms with E-state index in [1.807, 2.05) is 13.0 Å². The van der Waals surface area contributed by atoms with E-state index in [0.717, 1.165) is 31.5 Å². The van der Waals surface area contributed by atoms with Gasteiger partial charge in [0.2, 0.25) is 0 Å². The Labute approximate surface area is 158 Å². The number of carbonyl (C=O) groups is 2. The number of nitrogens with zero attached hydrogens (tertiary/aromatic N) is 1. The molecule has 0 atom stereocenters. The van der Waals surface area contributed by atoms with E-state index in [-0.39, 0.29) is 5.41 Å². The van der Waals surface area contributed by atoms with Crippen molar-refractivity contribution in [2.45, 2.75) is 59.0 Å². The first kappa shape index (κ1) is 24.1. The predicted octanol–water partition coefficient (Wildman–Crippen LogP) is 3.84. The van der Waals surface area contributed by atoms with E-state index < -0.39 is 0 Å². The van der Waals surface area contributed by atoms with Gasteiger partial charge in [0.05, 0.1) is 6.61 Å². The maximum atomic E-state index is 9.40. The van der Waals surface area contributed by atoms with Crippen molar-refractivity contribution in [3.05, 3.63) is 29.8 Å². The van der Waals surface area contributed by atoms with E-state index in [0.29, 0.717) is 25.6 Å². The largest absolute Gasteiger partial charge is 0.487 e. The molecule has 1 aromatic carbocycles. The maximum absolute atomic E-state index is 9.40. The van der Waals surface area contributed by atoms with Crippen LogP contribution in [0.4, 0.5) is 0 Å². The number of hydrogen-bond acceptors (Lipinski definition) is 5. The molecule has 0 N–H and O–H groups in total. The van der Waals surface area contributed by atoms with Gasteiger partial charge in [0.1, 0.15) is 18.1 Å². The van der Waals surface area contributed by atoms with Crippen molar-refractivity contribution in [3.63, 3.8) is 0 Å². The number of hydrogen-bond donors (Lipinski definition) is 0. The van der Waals surface area contributed by atoms with Gasteiger partial charge in [-0.3, -0.25) is 9.69 Å². The lowest BCUT2D eigenvalue weighted by Gasteiger charge is -2.37. The standard InChI is InChI=1S/C14H21NO.C4H8O.C3H6O2/c1-14(2,3)12-7-5-6-8-13(12)16-11-9-15(4)10-11;1-2-3-4-5;1-2-5-3-4/h5-8,11H,9-10H2,1-4H3;4H,2-3H2,1H3;3H,2H2,1H3. The fourth-order valence-electron chi connectivity index (χ4n) is 2.27. The van der Waals surface area contributed by atoms with Gasteiger partial charge in [0.15, 0.2) is 0 Å². The topological polar surface area (TPSA) is 55.8 Å². The minimum absolute atomic E-state index is 0.145. The molecule has 1 aromatic rings. The number of likely N-dealkylation sites (N-methyl/N-ethyl adjacent to an activating group) is 1. The minimum atomic E-state index is 0.145. The summed E-state index contributed by atoms with van der Waals surface area (Å²) in [5.41, 5.74) is 1.44. The molecule has 1 aliphatic heterocycles. The Morgan fingerprint density at radius 3 is 2.12 bits per heavy atom. The van der Waals surface area contributed by atoms with E-state index in [2.05, 4.69) is 55.7 Å². The third-order valence-electron chi connectivity index (χ3n) is 3.66. The Bertz CT molecular complexity index is 495. The zero-order valence-corrected chi connectivity index (χ0v) is 17.2. The summed E-state index contributed by atoms with van der Waals surface area (Å²) >= 11 is 0. The van der Waals surface area contributed by atoms with Gasteiger partial charge in [-0.1, -0.05) is 45.9 Å². The molecule has 1 heterocycles. The molecular formula is C21H35NO4. The maximum Gasteiger partial charge on any atom is 0.293 e. The predicted molar refractivity (Wildman–Crippen MR) is 106 cm³/mol. The van der Waals surface area contributed by atoms with Crippen LogP contribution in [0.2, 0.25) is 0 Å². The van der Waals surface area contributed by atoms with Crippen molar-refractivity contribution in [2.24, 2.45) is 0 Å². The van der Waals surface area contributed by atoms with Crippen molar-refractivity contribution in [3.8, 4) is 5.75 Å². The molecule has 0 spiro atoms. The van der Waals surface area contributed by atoms with Gasteiger partial charge in [-0.15, -0.1) is 0 Å². The summed E-state index contributed by atoms with van der Waals surface area (Å²) in [6.45, 7) is 13.4. The first-order valence-corrected chi connectivity index (χ1v) is 9.23. The lowest BCUT2D eigenvalue weighted by molar-refractivity contribution is -0.128. The van der Waals surface area contributed by atoms with Crippen LogP contribution in [-0.4, -0.2) is 50.5 Å². The number of ether oxygens (including phenoxy) is 2. The first-order valence-electron chi connectivity index (χ1n) is 9.23. The average molecular weight is 366 g/mol. The lowest BCUT2D eigenvalue weighted by Crippen LogP contribution is -2.51. The molecule has 0 aromatic heterocycles. The van der Waals surface area contributed by atoms with Crippen molar-refractivity contribution < 1.29 is 19.1 Å². The van der Waals surface area contributed by atoms with E-state index in [1.54, 1.807) is 6.92 Å². The van der Waals surface area contributed by atoms with Gasteiger partial charge < -0.3 is 14.3 Å². The van der Waals surface area contributed by atoms with E-state index >= 15 is 0 Å². The molecule has 0 bridgehead atoms. The molecular weight excluding hydrogens is 330 g/mol. The summed E-state index contributed by atoms with van der Waals surface area (Å²) in [7, 11) is 2.12. The van der Waals surface area contributed by atoms with Crippen LogP contribution in [0.1, 0.15) is 53.0 Å². The number of aldehydes is 1. The van der Waals surface area contributed by atoms with Gasteiger partial charge in [0, 0.05) is 19.5 Å². The highest BCUT2D eigenvalue weighted by atomic mass is 16.5. The Balaban J connectivity index is 0.000000520. The molecule has 5 heteroatoms. The Hall–Kier alpha value is -1.88. The summed E-state index contributed by atoms with van der Waals surface area (Å²) < 4.78 is 10.2. The summed E-state index contributed by atoms with van der Waals surface area (Å²) in [6.07, 6.45) is 2.98. The molecule has 1 saturated heterocycles. The molecule has 1 fully saturated rings. The molecule has 26 heavy (non-hydrogen) atoms. The smallest absolute Gasteiger partial charge is 0.293 e. The van der Waals surface area contributed by atoms with Gasteiger partial charge in [-0.25, -0.2) is 0 Å². The molecule has 0 aliphatic carbocycles. The second-order valence-corrected chi connectivity index (χ2v) is 7.21. The van der Waals surface area contributed by atoms with Crippen LogP contribution in [-0.2, 0) is 19.7 Å². The Kier molecular flexibility index (Phi) is 12.4. The van der Waals surface area contributed by atoms with Crippen LogP contribution in [0.5, 0.6) is 5.75 Å². The van der Waals surface area contributed by atoms with Gasteiger partial charge >= 0.3 is 0 Å². The zero-order valence-electron chi connectivity index (χ0n) is 17.2. The number of unbranched alkanes of at least 4 members (excludes halogenated alkanes) is 1. The fourth-order valence-corrected chi connectivity index (χ4v) is 2.27. The number of carbonyl (C=O) groups excluding carboxylic acids is 2. The van der Waals surface area contributed by atoms with Gasteiger partial charge in [-0.05, 0) is 37.4 Å².